The summed E-state index contributed by atoms with van der Waals surface area (Å²) in [6.45, 7) is 5.10. The summed E-state index contributed by atoms with van der Waals surface area (Å²) < 4.78 is 0. The summed E-state index contributed by atoms with van der Waals surface area (Å²) in [5, 5.41) is 12.3. The molecule has 0 radical (unpaired) electrons. The van der Waals surface area contributed by atoms with Crippen molar-refractivity contribution in [2.24, 2.45) is 11.8 Å². The third-order valence-electron chi connectivity index (χ3n) is 4.75. The van der Waals surface area contributed by atoms with Crippen LogP contribution in [0, 0.1) is 11.8 Å². The van der Waals surface area contributed by atoms with Gasteiger partial charge in [-0.1, -0.05) is 0 Å². The van der Waals surface area contributed by atoms with Gasteiger partial charge < -0.3 is 20.2 Å². The quantitative estimate of drug-likeness (QED) is 0.821. The van der Waals surface area contributed by atoms with Crippen molar-refractivity contribution in [2.75, 3.05) is 33.2 Å². The van der Waals surface area contributed by atoms with Crippen molar-refractivity contribution in [3.63, 3.8) is 0 Å². The Morgan fingerprint density at radius 3 is 2.67 bits per heavy atom. The van der Waals surface area contributed by atoms with Gasteiger partial charge in [-0.2, -0.15) is 0 Å². The minimum atomic E-state index is -0.735. The first kappa shape index (κ1) is 16.1. The van der Waals surface area contributed by atoms with E-state index in [4.69, 9.17) is 5.11 Å². The highest BCUT2D eigenvalue weighted by Gasteiger charge is 2.35. The summed E-state index contributed by atoms with van der Waals surface area (Å²) in [5.74, 6) is -0.511. The molecular formula is C15H27N3O3. The summed E-state index contributed by atoms with van der Waals surface area (Å²) in [4.78, 5) is 27.6. The number of hydrogen-bond donors (Lipinski definition) is 2. The molecule has 2 rings (SSSR count). The van der Waals surface area contributed by atoms with Crippen molar-refractivity contribution in [3.8, 4) is 0 Å². The first-order valence-corrected chi connectivity index (χ1v) is 7.96. The molecule has 2 saturated heterocycles. The SMILES string of the molecule is CNCC1CCCN(C(=O)N2CCC(C(=O)O)CC2C)C1. The van der Waals surface area contributed by atoms with Crippen LogP contribution < -0.4 is 5.32 Å². The predicted molar refractivity (Wildman–Crippen MR) is 80.1 cm³/mol. The zero-order valence-corrected chi connectivity index (χ0v) is 13.0. The molecule has 2 N–H and O–H groups in total. The number of carbonyl (C=O) groups excluding carboxylic acids is 1. The van der Waals surface area contributed by atoms with Crippen LogP contribution in [0.1, 0.15) is 32.6 Å². The number of carboxylic acid groups (broad SMARTS) is 1. The van der Waals surface area contributed by atoms with Gasteiger partial charge in [-0.25, -0.2) is 4.79 Å². The highest BCUT2D eigenvalue weighted by atomic mass is 16.4. The highest BCUT2D eigenvalue weighted by molar-refractivity contribution is 5.76. The number of urea groups is 1. The topological polar surface area (TPSA) is 72.9 Å². The fourth-order valence-corrected chi connectivity index (χ4v) is 3.56. The van der Waals surface area contributed by atoms with Crippen molar-refractivity contribution in [3.05, 3.63) is 0 Å². The minimum Gasteiger partial charge on any atom is -0.481 e. The third-order valence-corrected chi connectivity index (χ3v) is 4.75. The van der Waals surface area contributed by atoms with E-state index in [2.05, 4.69) is 5.32 Å². The fraction of sp³-hybridized carbons (Fsp3) is 0.867. The molecule has 2 heterocycles. The second-order valence-electron chi connectivity index (χ2n) is 6.40. The summed E-state index contributed by atoms with van der Waals surface area (Å²) in [6, 6.07) is 0.101. The van der Waals surface area contributed by atoms with Gasteiger partial charge in [0.15, 0.2) is 0 Å². The van der Waals surface area contributed by atoms with E-state index in [1.807, 2.05) is 23.8 Å². The number of likely N-dealkylation sites (tertiary alicyclic amines) is 2. The Morgan fingerprint density at radius 2 is 2.05 bits per heavy atom. The van der Waals surface area contributed by atoms with Crippen LogP contribution in [0.4, 0.5) is 4.79 Å². The van der Waals surface area contributed by atoms with Crippen LogP contribution in [0.15, 0.2) is 0 Å². The number of aliphatic carboxylic acids is 1. The average Bonchev–Trinajstić information content (AvgIpc) is 2.47. The normalized spacial score (nSPS) is 30.3. The van der Waals surface area contributed by atoms with Crippen molar-refractivity contribution in [2.45, 2.75) is 38.6 Å². The van der Waals surface area contributed by atoms with Crippen LogP contribution in [0.25, 0.3) is 0 Å². The van der Waals surface area contributed by atoms with Crippen LogP contribution >= 0.6 is 0 Å². The molecule has 2 fully saturated rings. The van der Waals surface area contributed by atoms with Gasteiger partial charge in [-0.3, -0.25) is 4.79 Å². The first-order chi connectivity index (χ1) is 10.0. The van der Waals surface area contributed by atoms with E-state index >= 15 is 0 Å². The molecule has 0 spiro atoms. The largest absolute Gasteiger partial charge is 0.481 e. The molecule has 2 aliphatic heterocycles. The molecule has 0 bridgehead atoms. The van der Waals surface area contributed by atoms with E-state index in [1.165, 1.54) is 6.42 Å². The number of amides is 2. The van der Waals surface area contributed by atoms with E-state index in [-0.39, 0.29) is 18.0 Å². The fourth-order valence-electron chi connectivity index (χ4n) is 3.56. The summed E-state index contributed by atoms with van der Waals surface area (Å²) >= 11 is 0. The van der Waals surface area contributed by atoms with Gasteiger partial charge in [0, 0.05) is 25.7 Å². The number of piperidine rings is 2. The second-order valence-corrected chi connectivity index (χ2v) is 6.40. The number of carbonyl (C=O) groups is 2. The van der Waals surface area contributed by atoms with Crippen LogP contribution in [0.2, 0.25) is 0 Å². The minimum absolute atomic E-state index is 0.0111. The van der Waals surface area contributed by atoms with Crippen molar-refractivity contribution in [1.82, 2.24) is 15.1 Å². The smallest absolute Gasteiger partial charge is 0.320 e. The van der Waals surface area contributed by atoms with E-state index in [9.17, 15) is 9.59 Å². The van der Waals surface area contributed by atoms with Crippen molar-refractivity contribution < 1.29 is 14.7 Å². The van der Waals surface area contributed by atoms with E-state index in [0.29, 0.717) is 25.3 Å². The second kappa shape index (κ2) is 7.11. The van der Waals surface area contributed by atoms with Crippen molar-refractivity contribution in [1.29, 1.82) is 0 Å². The number of nitrogens with one attached hydrogen (secondary N) is 1. The molecule has 0 aromatic carbocycles. The Kier molecular flexibility index (Phi) is 5.45. The van der Waals surface area contributed by atoms with Gasteiger partial charge in [0.1, 0.15) is 0 Å². The number of carboxylic acids is 1. The van der Waals surface area contributed by atoms with Crippen LogP contribution in [0.5, 0.6) is 0 Å². The number of nitrogens with zero attached hydrogens (tertiary/aromatic N) is 2. The van der Waals surface area contributed by atoms with E-state index in [1.54, 1.807) is 0 Å². The summed E-state index contributed by atoms with van der Waals surface area (Å²) in [5.41, 5.74) is 0. The molecule has 0 aromatic heterocycles. The van der Waals surface area contributed by atoms with Gasteiger partial charge in [-0.05, 0) is 52.1 Å². The Balaban J connectivity index is 1.92. The molecule has 0 aliphatic carbocycles. The summed E-state index contributed by atoms with van der Waals surface area (Å²) in [6.07, 6.45) is 3.35. The molecule has 3 atom stereocenters. The standard InChI is InChI=1S/C15H27N3O3/c1-11-8-13(14(19)20)5-7-18(11)15(21)17-6-3-4-12(10-17)9-16-2/h11-13,16H,3-10H2,1-2H3,(H,19,20). The lowest BCUT2D eigenvalue weighted by Gasteiger charge is -2.41. The molecule has 0 aromatic rings. The third kappa shape index (κ3) is 3.87. The first-order valence-electron chi connectivity index (χ1n) is 7.96. The highest BCUT2D eigenvalue weighted by Crippen LogP contribution is 2.25. The molecule has 0 saturated carbocycles. The van der Waals surface area contributed by atoms with Crippen LogP contribution in [0.3, 0.4) is 0 Å². The lowest BCUT2D eigenvalue weighted by atomic mass is 9.91. The average molecular weight is 297 g/mol. The van der Waals surface area contributed by atoms with Crippen molar-refractivity contribution >= 4 is 12.0 Å². The molecule has 2 amide bonds. The predicted octanol–water partition coefficient (Wildman–Crippen LogP) is 1.22. The van der Waals surface area contributed by atoms with Gasteiger partial charge in [0.05, 0.1) is 5.92 Å². The zero-order chi connectivity index (χ0) is 15.4. The van der Waals surface area contributed by atoms with Gasteiger partial charge >= 0.3 is 12.0 Å². The summed E-state index contributed by atoms with van der Waals surface area (Å²) in [7, 11) is 1.94. The molecule has 2 aliphatic rings. The van der Waals surface area contributed by atoms with Gasteiger partial charge in [0.25, 0.3) is 0 Å². The molecule has 3 unspecified atom stereocenters. The maximum absolute atomic E-state index is 12.7. The Morgan fingerprint density at radius 1 is 1.29 bits per heavy atom. The van der Waals surface area contributed by atoms with E-state index in [0.717, 1.165) is 26.1 Å². The Bertz CT molecular complexity index is 386. The lowest BCUT2D eigenvalue weighted by molar-refractivity contribution is -0.143. The molecular weight excluding hydrogens is 270 g/mol. The lowest BCUT2D eigenvalue weighted by Crippen LogP contribution is -2.54. The maximum Gasteiger partial charge on any atom is 0.320 e. The Hall–Kier alpha value is -1.30. The monoisotopic (exact) mass is 297 g/mol. The Labute approximate surface area is 126 Å². The number of hydrogen-bond acceptors (Lipinski definition) is 3. The maximum atomic E-state index is 12.7. The number of rotatable bonds is 3. The molecule has 120 valence electrons. The van der Waals surface area contributed by atoms with E-state index < -0.39 is 5.97 Å². The van der Waals surface area contributed by atoms with Crippen LogP contribution in [-0.4, -0.2) is 66.2 Å². The molecule has 6 heteroatoms. The molecule has 21 heavy (non-hydrogen) atoms. The van der Waals surface area contributed by atoms with Gasteiger partial charge in [-0.15, -0.1) is 0 Å². The van der Waals surface area contributed by atoms with Crippen LogP contribution in [-0.2, 0) is 4.79 Å². The molecule has 6 nitrogen and oxygen atoms in total. The zero-order valence-electron chi connectivity index (χ0n) is 13.0. The van der Waals surface area contributed by atoms with Gasteiger partial charge in [0.2, 0.25) is 0 Å².